The minimum atomic E-state index is -0.412. The smallest absolute Gasteiger partial charge is 0.350 e. The molecule has 0 saturated heterocycles. The second kappa shape index (κ2) is 5.77. The maximum Gasteiger partial charge on any atom is 0.350 e. The molecule has 0 fully saturated rings. The van der Waals surface area contributed by atoms with Gasteiger partial charge in [0.15, 0.2) is 5.75 Å². The lowest BCUT2D eigenvalue weighted by molar-refractivity contribution is 0.0533. The van der Waals surface area contributed by atoms with Crippen molar-refractivity contribution < 1.29 is 14.3 Å². The number of esters is 1. The molecule has 0 radical (unpaired) electrons. The first-order valence-corrected chi connectivity index (χ1v) is 6.26. The van der Waals surface area contributed by atoms with E-state index in [-0.39, 0.29) is 6.10 Å². The predicted octanol–water partition coefficient (Wildman–Crippen LogP) is 2.34. The van der Waals surface area contributed by atoms with Crippen molar-refractivity contribution in [2.24, 2.45) is 0 Å². The number of hydrogen-bond donors (Lipinski definition) is 2. The number of ether oxygens (including phenoxy) is 2. The molecule has 0 unspecified atom stereocenters. The number of carbonyl (C=O) groups excluding carboxylic acids is 1. The van der Waals surface area contributed by atoms with E-state index < -0.39 is 5.97 Å². The number of nitrogens with two attached hydrogens (primary N) is 1. The van der Waals surface area contributed by atoms with Crippen molar-refractivity contribution >= 4 is 28.0 Å². The summed E-state index contributed by atoms with van der Waals surface area (Å²) in [6.07, 6.45) is -0.00551. The first kappa shape index (κ1) is 13.6. The highest BCUT2D eigenvalue weighted by Crippen LogP contribution is 2.43. The maximum atomic E-state index is 11.7. The number of nitrogens with one attached hydrogen (secondary N) is 1. The molecule has 0 aliphatic heterocycles. The third kappa shape index (κ3) is 3.03. The quantitative estimate of drug-likeness (QED) is 0.793. The van der Waals surface area contributed by atoms with Gasteiger partial charge in [0.2, 0.25) is 0 Å². The molecule has 5 nitrogen and oxygen atoms in total. The monoisotopic (exact) mass is 258 g/mol. The van der Waals surface area contributed by atoms with E-state index in [1.807, 2.05) is 13.8 Å². The summed E-state index contributed by atoms with van der Waals surface area (Å²) in [4.78, 5) is 12.0. The largest absolute Gasteiger partial charge is 0.486 e. The average molecular weight is 258 g/mol. The number of nitrogen functional groups attached to an aromatic ring is 1. The van der Waals surface area contributed by atoms with Gasteiger partial charge in [-0.05, 0) is 20.8 Å². The van der Waals surface area contributed by atoms with Gasteiger partial charge < -0.3 is 20.5 Å². The summed E-state index contributed by atoms with van der Waals surface area (Å²) in [5.41, 5.74) is 6.24. The molecule has 0 saturated carbocycles. The van der Waals surface area contributed by atoms with Crippen molar-refractivity contribution in [3.63, 3.8) is 0 Å². The minimum absolute atomic E-state index is 0.00551. The molecule has 0 bridgehead atoms. The molecule has 96 valence electrons. The molecule has 1 heterocycles. The molecule has 0 amide bonds. The van der Waals surface area contributed by atoms with Gasteiger partial charge >= 0.3 is 5.97 Å². The topological polar surface area (TPSA) is 73.6 Å². The zero-order chi connectivity index (χ0) is 13.0. The SMILES string of the molecule is CCOC(=O)c1sc(NC)c(OC(C)C)c1N. The van der Waals surface area contributed by atoms with Gasteiger partial charge in [-0.25, -0.2) is 4.79 Å². The molecule has 1 aromatic heterocycles. The highest BCUT2D eigenvalue weighted by Gasteiger charge is 2.23. The molecule has 0 aliphatic carbocycles. The Balaban J connectivity index is 3.09. The third-order valence-corrected chi connectivity index (χ3v) is 3.13. The van der Waals surface area contributed by atoms with Gasteiger partial charge in [-0.1, -0.05) is 0 Å². The number of hydrogen-bond acceptors (Lipinski definition) is 6. The Kier molecular flexibility index (Phi) is 4.62. The number of carbonyl (C=O) groups is 1. The second-order valence-corrected chi connectivity index (χ2v) is 4.66. The Hall–Kier alpha value is -1.43. The average Bonchev–Trinajstić information content (AvgIpc) is 2.56. The predicted molar refractivity (Wildman–Crippen MR) is 70.0 cm³/mol. The van der Waals surface area contributed by atoms with Crippen LogP contribution in [0.15, 0.2) is 0 Å². The van der Waals surface area contributed by atoms with Crippen molar-refractivity contribution in [1.29, 1.82) is 0 Å². The Bertz CT molecular complexity index is 402. The zero-order valence-electron chi connectivity index (χ0n) is 10.5. The molecule has 0 aliphatic rings. The fourth-order valence-corrected chi connectivity index (χ4v) is 2.20. The lowest BCUT2D eigenvalue weighted by Gasteiger charge is -2.11. The van der Waals surface area contributed by atoms with Crippen molar-refractivity contribution in [1.82, 2.24) is 0 Å². The van der Waals surface area contributed by atoms with Gasteiger partial charge in [0.05, 0.1) is 12.7 Å². The number of thiophene rings is 1. The maximum absolute atomic E-state index is 11.7. The van der Waals surface area contributed by atoms with Crippen LogP contribution in [0.1, 0.15) is 30.4 Å². The Morgan fingerprint density at radius 1 is 1.53 bits per heavy atom. The van der Waals surface area contributed by atoms with Crippen LogP contribution < -0.4 is 15.8 Å². The molecular weight excluding hydrogens is 240 g/mol. The van der Waals surface area contributed by atoms with Gasteiger partial charge in [-0.15, -0.1) is 11.3 Å². The molecule has 0 spiro atoms. The van der Waals surface area contributed by atoms with E-state index in [4.69, 9.17) is 15.2 Å². The van der Waals surface area contributed by atoms with E-state index in [1.165, 1.54) is 11.3 Å². The van der Waals surface area contributed by atoms with E-state index in [0.29, 0.717) is 22.9 Å². The van der Waals surface area contributed by atoms with E-state index in [1.54, 1.807) is 14.0 Å². The van der Waals surface area contributed by atoms with Crippen molar-refractivity contribution in [2.45, 2.75) is 26.9 Å². The first-order chi connectivity index (χ1) is 8.01. The van der Waals surface area contributed by atoms with Gasteiger partial charge in [-0.2, -0.15) is 0 Å². The summed E-state index contributed by atoms with van der Waals surface area (Å²) in [6.45, 7) is 5.89. The summed E-state index contributed by atoms with van der Waals surface area (Å²) in [7, 11) is 1.76. The first-order valence-electron chi connectivity index (χ1n) is 5.45. The van der Waals surface area contributed by atoms with Crippen LogP contribution in [0.5, 0.6) is 5.75 Å². The molecule has 0 atom stereocenters. The molecule has 3 N–H and O–H groups in total. The number of rotatable bonds is 5. The van der Waals surface area contributed by atoms with Gasteiger partial charge in [-0.3, -0.25) is 0 Å². The summed E-state index contributed by atoms with van der Waals surface area (Å²) in [5.74, 6) is 0.112. The van der Waals surface area contributed by atoms with Gasteiger partial charge in [0.25, 0.3) is 0 Å². The van der Waals surface area contributed by atoms with Crippen LogP contribution in [0.2, 0.25) is 0 Å². The minimum Gasteiger partial charge on any atom is -0.486 e. The summed E-state index contributed by atoms with van der Waals surface area (Å²) >= 11 is 1.24. The van der Waals surface area contributed by atoms with E-state index in [2.05, 4.69) is 5.32 Å². The summed E-state index contributed by atoms with van der Waals surface area (Å²) in [6, 6.07) is 0. The van der Waals surface area contributed by atoms with Crippen LogP contribution in [0.3, 0.4) is 0 Å². The highest BCUT2D eigenvalue weighted by molar-refractivity contribution is 7.19. The molecular formula is C11H18N2O3S. The Morgan fingerprint density at radius 2 is 2.18 bits per heavy atom. The molecule has 0 aromatic carbocycles. The van der Waals surface area contributed by atoms with Gasteiger partial charge in [0.1, 0.15) is 15.6 Å². The van der Waals surface area contributed by atoms with Crippen LogP contribution in [0.25, 0.3) is 0 Å². The van der Waals surface area contributed by atoms with Crippen LogP contribution in [0.4, 0.5) is 10.7 Å². The van der Waals surface area contributed by atoms with Crippen LogP contribution in [0, 0.1) is 0 Å². The Morgan fingerprint density at radius 3 is 2.65 bits per heavy atom. The van der Waals surface area contributed by atoms with Crippen LogP contribution in [-0.4, -0.2) is 25.7 Å². The van der Waals surface area contributed by atoms with E-state index in [0.717, 1.165) is 5.00 Å². The fourth-order valence-electron chi connectivity index (χ4n) is 1.29. The van der Waals surface area contributed by atoms with Crippen molar-refractivity contribution in [2.75, 3.05) is 24.7 Å². The molecule has 6 heteroatoms. The van der Waals surface area contributed by atoms with Gasteiger partial charge in [0, 0.05) is 7.05 Å². The summed E-state index contributed by atoms with van der Waals surface area (Å²) < 4.78 is 10.5. The second-order valence-electron chi connectivity index (χ2n) is 3.64. The van der Waals surface area contributed by atoms with Crippen molar-refractivity contribution in [3.05, 3.63) is 4.88 Å². The standard InChI is InChI=1S/C11H18N2O3S/c1-5-15-11(14)9-7(12)8(16-6(2)3)10(13-4)17-9/h6,13H,5,12H2,1-4H3. The lowest BCUT2D eigenvalue weighted by Crippen LogP contribution is -2.09. The van der Waals surface area contributed by atoms with Crippen LogP contribution >= 0.6 is 11.3 Å². The fraction of sp³-hybridized carbons (Fsp3) is 0.545. The third-order valence-electron chi connectivity index (χ3n) is 1.94. The van der Waals surface area contributed by atoms with Crippen molar-refractivity contribution in [3.8, 4) is 5.75 Å². The summed E-state index contributed by atoms with van der Waals surface area (Å²) in [5, 5.41) is 3.70. The lowest BCUT2D eigenvalue weighted by atomic mass is 10.3. The normalized spacial score (nSPS) is 10.4. The number of anilines is 2. The van der Waals surface area contributed by atoms with E-state index in [9.17, 15) is 4.79 Å². The Labute approximate surface area is 105 Å². The highest BCUT2D eigenvalue weighted by atomic mass is 32.1. The molecule has 1 aromatic rings. The van der Waals surface area contributed by atoms with E-state index >= 15 is 0 Å². The molecule has 17 heavy (non-hydrogen) atoms. The molecule has 1 rings (SSSR count). The zero-order valence-corrected chi connectivity index (χ0v) is 11.3. The van der Waals surface area contributed by atoms with Crippen LogP contribution in [-0.2, 0) is 4.74 Å².